The van der Waals surface area contributed by atoms with Gasteiger partial charge in [-0.15, -0.1) is 11.3 Å². The highest BCUT2D eigenvalue weighted by atomic mass is 32.1. The number of carbonyl (C=O) groups excluding carboxylic acids is 1. The SMILES string of the molecule is COc1ccc(C(=O)Nc2cc(-c3noc(C4CCC4)n3)sc2C)c(OC)c1. The molecular weight excluding hydrogens is 378 g/mol. The summed E-state index contributed by atoms with van der Waals surface area (Å²) in [6.45, 7) is 1.95. The van der Waals surface area contributed by atoms with Gasteiger partial charge in [-0.2, -0.15) is 4.98 Å². The Morgan fingerprint density at radius 2 is 2.07 bits per heavy atom. The molecule has 0 saturated heterocycles. The summed E-state index contributed by atoms with van der Waals surface area (Å²) in [7, 11) is 3.09. The Morgan fingerprint density at radius 1 is 1.25 bits per heavy atom. The first-order valence-electron chi connectivity index (χ1n) is 9.07. The summed E-state index contributed by atoms with van der Waals surface area (Å²) >= 11 is 1.52. The lowest BCUT2D eigenvalue weighted by Gasteiger charge is -2.20. The van der Waals surface area contributed by atoms with Crippen LogP contribution in [-0.4, -0.2) is 30.3 Å². The Hall–Kier alpha value is -2.87. The maximum Gasteiger partial charge on any atom is 0.259 e. The average Bonchev–Trinajstić information content (AvgIpc) is 3.27. The van der Waals surface area contributed by atoms with Gasteiger partial charge in [-0.05, 0) is 38.0 Å². The second kappa shape index (κ2) is 7.63. The van der Waals surface area contributed by atoms with Gasteiger partial charge in [-0.1, -0.05) is 11.6 Å². The van der Waals surface area contributed by atoms with E-state index in [-0.39, 0.29) is 5.91 Å². The monoisotopic (exact) mass is 399 g/mol. The Labute approximate surface area is 166 Å². The molecule has 1 fully saturated rings. The molecule has 2 aromatic heterocycles. The number of rotatable bonds is 6. The third kappa shape index (κ3) is 3.47. The standard InChI is InChI=1S/C20H21N3O4S/c1-11-15(21-19(24)14-8-7-13(25-2)9-16(14)26-3)10-17(28-11)18-22-20(27-23-18)12-5-4-6-12/h7-10,12H,4-6H2,1-3H3,(H,21,24). The number of thiophene rings is 1. The number of anilines is 1. The van der Waals surface area contributed by atoms with Crippen molar-refractivity contribution >= 4 is 22.9 Å². The molecule has 7 nitrogen and oxygen atoms in total. The fourth-order valence-electron chi connectivity index (χ4n) is 3.05. The highest BCUT2D eigenvalue weighted by Crippen LogP contribution is 2.38. The highest BCUT2D eigenvalue weighted by Gasteiger charge is 2.26. The fourth-order valence-corrected chi connectivity index (χ4v) is 3.95. The summed E-state index contributed by atoms with van der Waals surface area (Å²) in [5.41, 5.74) is 1.15. The summed E-state index contributed by atoms with van der Waals surface area (Å²) in [5.74, 6) is 2.49. The number of carbonyl (C=O) groups is 1. The molecule has 0 spiro atoms. The number of amides is 1. The van der Waals surface area contributed by atoms with E-state index in [0.717, 1.165) is 28.3 Å². The number of methoxy groups -OCH3 is 2. The van der Waals surface area contributed by atoms with Crippen LogP contribution in [0.15, 0.2) is 28.8 Å². The zero-order valence-electron chi connectivity index (χ0n) is 15.9. The van der Waals surface area contributed by atoms with Crippen LogP contribution in [0.25, 0.3) is 10.7 Å². The smallest absolute Gasteiger partial charge is 0.259 e. The molecule has 2 heterocycles. The number of nitrogens with zero attached hydrogens (tertiary/aromatic N) is 2. The molecule has 146 valence electrons. The normalized spacial score (nSPS) is 13.8. The van der Waals surface area contributed by atoms with Crippen LogP contribution in [0.4, 0.5) is 5.69 Å². The minimum Gasteiger partial charge on any atom is -0.497 e. The molecule has 1 aliphatic carbocycles. The molecule has 1 amide bonds. The number of ether oxygens (including phenoxy) is 2. The van der Waals surface area contributed by atoms with Crippen LogP contribution in [0, 0.1) is 6.92 Å². The molecule has 1 N–H and O–H groups in total. The Balaban J connectivity index is 1.54. The molecule has 0 atom stereocenters. The van der Waals surface area contributed by atoms with Gasteiger partial charge >= 0.3 is 0 Å². The largest absolute Gasteiger partial charge is 0.497 e. The molecule has 4 rings (SSSR count). The fraction of sp³-hybridized carbons (Fsp3) is 0.350. The molecular formula is C20H21N3O4S. The van der Waals surface area contributed by atoms with Gasteiger partial charge < -0.3 is 19.3 Å². The van der Waals surface area contributed by atoms with Crippen LogP contribution in [0.3, 0.4) is 0 Å². The summed E-state index contributed by atoms with van der Waals surface area (Å²) < 4.78 is 15.9. The summed E-state index contributed by atoms with van der Waals surface area (Å²) in [6.07, 6.45) is 3.43. The van der Waals surface area contributed by atoms with Crippen molar-refractivity contribution in [2.24, 2.45) is 0 Å². The predicted molar refractivity (Wildman–Crippen MR) is 106 cm³/mol. The molecule has 0 aliphatic heterocycles. The van der Waals surface area contributed by atoms with Crippen molar-refractivity contribution in [3.63, 3.8) is 0 Å². The van der Waals surface area contributed by atoms with Crippen LogP contribution < -0.4 is 14.8 Å². The van der Waals surface area contributed by atoms with Crippen molar-refractivity contribution in [1.82, 2.24) is 10.1 Å². The Bertz CT molecular complexity index is 1010. The molecule has 1 saturated carbocycles. The first kappa shape index (κ1) is 18.5. The van der Waals surface area contributed by atoms with Gasteiger partial charge in [0, 0.05) is 16.9 Å². The summed E-state index contributed by atoms with van der Waals surface area (Å²) in [4.78, 5) is 19.1. The lowest BCUT2D eigenvalue weighted by atomic mass is 9.85. The van der Waals surface area contributed by atoms with Crippen molar-refractivity contribution in [2.45, 2.75) is 32.1 Å². The highest BCUT2D eigenvalue weighted by molar-refractivity contribution is 7.16. The average molecular weight is 399 g/mol. The van der Waals surface area contributed by atoms with Crippen LogP contribution in [0.1, 0.15) is 46.3 Å². The molecule has 28 heavy (non-hydrogen) atoms. The van der Waals surface area contributed by atoms with Gasteiger partial charge in [0.1, 0.15) is 11.5 Å². The topological polar surface area (TPSA) is 86.5 Å². The second-order valence-corrected chi connectivity index (χ2v) is 7.94. The molecule has 0 unspecified atom stereocenters. The number of aromatic nitrogens is 2. The first-order chi connectivity index (χ1) is 13.6. The van der Waals surface area contributed by atoms with Crippen LogP contribution in [0.5, 0.6) is 11.5 Å². The van der Waals surface area contributed by atoms with Crippen LogP contribution >= 0.6 is 11.3 Å². The number of benzene rings is 1. The minimum atomic E-state index is -0.254. The molecule has 3 aromatic rings. The van der Waals surface area contributed by atoms with Gasteiger partial charge in [0.2, 0.25) is 11.7 Å². The zero-order chi connectivity index (χ0) is 19.7. The van der Waals surface area contributed by atoms with Crippen molar-refractivity contribution in [3.8, 4) is 22.2 Å². The van der Waals surface area contributed by atoms with Gasteiger partial charge in [-0.3, -0.25) is 4.79 Å². The van der Waals surface area contributed by atoms with E-state index in [9.17, 15) is 4.79 Å². The Kier molecular flexibility index (Phi) is 5.04. The number of nitrogens with one attached hydrogen (secondary N) is 1. The van der Waals surface area contributed by atoms with Crippen molar-refractivity contribution in [2.75, 3.05) is 19.5 Å². The quantitative estimate of drug-likeness (QED) is 0.650. The Morgan fingerprint density at radius 3 is 2.75 bits per heavy atom. The molecule has 0 radical (unpaired) electrons. The van der Waals surface area contributed by atoms with Crippen LogP contribution in [-0.2, 0) is 0 Å². The van der Waals surface area contributed by atoms with E-state index in [1.165, 1.54) is 24.9 Å². The third-order valence-corrected chi connectivity index (χ3v) is 5.98. The van der Waals surface area contributed by atoms with E-state index in [0.29, 0.717) is 34.7 Å². The van der Waals surface area contributed by atoms with E-state index >= 15 is 0 Å². The van der Waals surface area contributed by atoms with E-state index in [1.54, 1.807) is 25.3 Å². The zero-order valence-corrected chi connectivity index (χ0v) is 16.8. The lowest BCUT2D eigenvalue weighted by molar-refractivity contribution is 0.102. The van der Waals surface area contributed by atoms with Gasteiger partial charge in [0.15, 0.2) is 0 Å². The van der Waals surface area contributed by atoms with Crippen molar-refractivity contribution < 1.29 is 18.8 Å². The van der Waals surface area contributed by atoms with Crippen molar-refractivity contribution in [3.05, 3.63) is 40.6 Å². The third-order valence-electron chi connectivity index (χ3n) is 4.94. The van der Waals surface area contributed by atoms with Crippen LogP contribution in [0.2, 0.25) is 0 Å². The summed E-state index contributed by atoms with van der Waals surface area (Å²) in [6, 6.07) is 6.97. The predicted octanol–water partition coefficient (Wildman–Crippen LogP) is 4.64. The van der Waals surface area contributed by atoms with Gasteiger partial charge in [-0.25, -0.2) is 0 Å². The lowest BCUT2D eigenvalue weighted by Crippen LogP contribution is -2.13. The molecule has 8 heteroatoms. The van der Waals surface area contributed by atoms with E-state index < -0.39 is 0 Å². The number of hydrogen-bond donors (Lipinski definition) is 1. The van der Waals surface area contributed by atoms with Gasteiger partial charge in [0.25, 0.3) is 5.91 Å². The van der Waals surface area contributed by atoms with E-state index in [4.69, 9.17) is 14.0 Å². The number of hydrogen-bond acceptors (Lipinski definition) is 7. The van der Waals surface area contributed by atoms with E-state index in [2.05, 4.69) is 15.5 Å². The van der Waals surface area contributed by atoms with Crippen molar-refractivity contribution in [1.29, 1.82) is 0 Å². The molecule has 0 bridgehead atoms. The minimum absolute atomic E-state index is 0.254. The maximum atomic E-state index is 12.8. The maximum absolute atomic E-state index is 12.8. The van der Waals surface area contributed by atoms with Gasteiger partial charge in [0.05, 0.1) is 30.3 Å². The molecule has 1 aliphatic rings. The molecule has 1 aromatic carbocycles. The number of aryl methyl sites for hydroxylation is 1. The summed E-state index contributed by atoms with van der Waals surface area (Å²) in [5, 5.41) is 7.05. The first-order valence-corrected chi connectivity index (χ1v) is 9.88. The second-order valence-electron chi connectivity index (χ2n) is 6.68. The van der Waals surface area contributed by atoms with E-state index in [1.807, 2.05) is 13.0 Å².